The molecule has 0 saturated heterocycles. The molecule has 0 aliphatic carbocycles. The first kappa shape index (κ1) is 13.4. The minimum atomic E-state index is -0.299. The Labute approximate surface area is 87.6 Å². The lowest BCUT2D eigenvalue weighted by molar-refractivity contribution is -0.131. The van der Waals surface area contributed by atoms with E-state index in [0.717, 1.165) is 25.8 Å². The van der Waals surface area contributed by atoms with Crippen molar-refractivity contribution in [3.8, 4) is 0 Å². The van der Waals surface area contributed by atoms with E-state index in [2.05, 4.69) is 6.92 Å². The fourth-order valence-electron chi connectivity index (χ4n) is 1.43. The van der Waals surface area contributed by atoms with Gasteiger partial charge in [-0.1, -0.05) is 33.1 Å². The summed E-state index contributed by atoms with van der Waals surface area (Å²) in [5.74, 6) is 0.0861. The molecule has 3 heteroatoms. The smallest absolute Gasteiger partial charge is 0.239 e. The first-order chi connectivity index (χ1) is 6.63. The third-order valence-electron chi connectivity index (χ3n) is 2.39. The summed E-state index contributed by atoms with van der Waals surface area (Å²) >= 11 is 0. The maximum atomic E-state index is 11.6. The molecule has 0 aromatic rings. The predicted molar refractivity (Wildman–Crippen MR) is 60.0 cm³/mol. The third kappa shape index (κ3) is 5.22. The Hall–Kier alpha value is -0.570. The largest absolute Gasteiger partial charge is 0.344 e. The summed E-state index contributed by atoms with van der Waals surface area (Å²) in [7, 11) is 1.84. The van der Waals surface area contributed by atoms with E-state index in [4.69, 9.17) is 5.73 Å². The molecule has 0 bridgehead atoms. The van der Waals surface area contributed by atoms with Crippen molar-refractivity contribution < 1.29 is 4.79 Å². The molecule has 14 heavy (non-hydrogen) atoms. The maximum absolute atomic E-state index is 11.6. The van der Waals surface area contributed by atoms with Crippen LogP contribution in [0.3, 0.4) is 0 Å². The van der Waals surface area contributed by atoms with Crippen molar-refractivity contribution in [1.82, 2.24) is 4.90 Å². The van der Waals surface area contributed by atoms with Gasteiger partial charge in [0.2, 0.25) is 5.91 Å². The molecule has 1 amide bonds. The van der Waals surface area contributed by atoms with Crippen molar-refractivity contribution in [2.24, 2.45) is 5.73 Å². The van der Waals surface area contributed by atoms with Crippen LogP contribution in [0, 0.1) is 0 Å². The van der Waals surface area contributed by atoms with Gasteiger partial charge in [-0.2, -0.15) is 0 Å². The summed E-state index contributed by atoms with van der Waals surface area (Å²) in [5, 5.41) is 0. The Kier molecular flexibility index (Phi) is 7.48. The van der Waals surface area contributed by atoms with Crippen LogP contribution in [0.4, 0.5) is 0 Å². The molecule has 0 fully saturated rings. The van der Waals surface area contributed by atoms with Crippen LogP contribution in [-0.2, 0) is 4.79 Å². The van der Waals surface area contributed by atoms with Gasteiger partial charge in [-0.25, -0.2) is 0 Å². The number of carbonyl (C=O) groups excluding carboxylic acids is 1. The summed E-state index contributed by atoms with van der Waals surface area (Å²) < 4.78 is 0. The molecule has 84 valence electrons. The van der Waals surface area contributed by atoms with Gasteiger partial charge in [0.05, 0.1) is 6.04 Å². The zero-order chi connectivity index (χ0) is 11.0. The van der Waals surface area contributed by atoms with Crippen LogP contribution in [0.1, 0.15) is 46.0 Å². The van der Waals surface area contributed by atoms with Crippen LogP contribution in [0.5, 0.6) is 0 Å². The SMILES string of the molecule is CCCCCN(C)C(=O)[C@H](N)CCC. The van der Waals surface area contributed by atoms with E-state index < -0.39 is 0 Å². The van der Waals surface area contributed by atoms with E-state index in [0.29, 0.717) is 0 Å². The molecule has 0 aliphatic heterocycles. The molecule has 0 saturated carbocycles. The molecular formula is C11H24N2O. The van der Waals surface area contributed by atoms with Gasteiger partial charge < -0.3 is 10.6 Å². The van der Waals surface area contributed by atoms with Gasteiger partial charge in [0.25, 0.3) is 0 Å². The highest BCUT2D eigenvalue weighted by Gasteiger charge is 2.15. The summed E-state index contributed by atoms with van der Waals surface area (Å²) in [4.78, 5) is 13.4. The van der Waals surface area contributed by atoms with Crippen LogP contribution in [0.2, 0.25) is 0 Å². The lowest BCUT2D eigenvalue weighted by Crippen LogP contribution is -2.42. The molecule has 0 unspecified atom stereocenters. The quantitative estimate of drug-likeness (QED) is 0.637. The second kappa shape index (κ2) is 7.80. The third-order valence-corrected chi connectivity index (χ3v) is 2.39. The van der Waals surface area contributed by atoms with Crippen molar-refractivity contribution in [3.63, 3.8) is 0 Å². The fourth-order valence-corrected chi connectivity index (χ4v) is 1.43. The average molecular weight is 200 g/mol. The van der Waals surface area contributed by atoms with E-state index in [-0.39, 0.29) is 11.9 Å². The molecule has 0 rings (SSSR count). The van der Waals surface area contributed by atoms with Crippen molar-refractivity contribution >= 4 is 5.91 Å². The van der Waals surface area contributed by atoms with Crippen LogP contribution in [-0.4, -0.2) is 30.4 Å². The summed E-state index contributed by atoms with van der Waals surface area (Å²) in [6.45, 7) is 5.04. The van der Waals surface area contributed by atoms with Crippen LogP contribution in [0.25, 0.3) is 0 Å². The van der Waals surface area contributed by atoms with Crippen molar-refractivity contribution in [2.75, 3.05) is 13.6 Å². The molecule has 0 radical (unpaired) electrons. The lowest BCUT2D eigenvalue weighted by atomic mass is 10.1. The Morgan fingerprint density at radius 2 is 1.93 bits per heavy atom. The summed E-state index contributed by atoms with van der Waals surface area (Å²) in [5.41, 5.74) is 5.74. The topological polar surface area (TPSA) is 46.3 Å². The minimum Gasteiger partial charge on any atom is -0.344 e. The Morgan fingerprint density at radius 3 is 2.43 bits per heavy atom. The molecule has 2 N–H and O–H groups in total. The van der Waals surface area contributed by atoms with E-state index in [1.165, 1.54) is 12.8 Å². The van der Waals surface area contributed by atoms with E-state index >= 15 is 0 Å². The molecular weight excluding hydrogens is 176 g/mol. The normalized spacial score (nSPS) is 12.6. The maximum Gasteiger partial charge on any atom is 0.239 e. The minimum absolute atomic E-state index is 0.0861. The molecule has 1 atom stereocenters. The Bertz CT molecular complexity index is 159. The highest BCUT2D eigenvalue weighted by atomic mass is 16.2. The van der Waals surface area contributed by atoms with Crippen molar-refractivity contribution in [2.45, 2.75) is 52.0 Å². The first-order valence-electron chi connectivity index (χ1n) is 5.64. The van der Waals surface area contributed by atoms with Gasteiger partial charge in [0, 0.05) is 13.6 Å². The fraction of sp³-hybridized carbons (Fsp3) is 0.909. The molecule has 0 aromatic carbocycles. The highest BCUT2D eigenvalue weighted by Crippen LogP contribution is 2.01. The highest BCUT2D eigenvalue weighted by molar-refractivity contribution is 5.81. The van der Waals surface area contributed by atoms with Gasteiger partial charge >= 0.3 is 0 Å². The van der Waals surface area contributed by atoms with Crippen molar-refractivity contribution in [3.05, 3.63) is 0 Å². The number of likely N-dealkylation sites (N-methyl/N-ethyl adjacent to an activating group) is 1. The molecule has 0 aromatic heterocycles. The molecule has 0 heterocycles. The summed E-state index contributed by atoms with van der Waals surface area (Å²) in [6, 6.07) is -0.299. The first-order valence-corrected chi connectivity index (χ1v) is 5.64. The number of nitrogens with two attached hydrogens (primary N) is 1. The van der Waals surface area contributed by atoms with Gasteiger partial charge in [-0.15, -0.1) is 0 Å². The van der Waals surface area contributed by atoms with Crippen LogP contribution >= 0.6 is 0 Å². The van der Waals surface area contributed by atoms with Crippen LogP contribution < -0.4 is 5.73 Å². The predicted octanol–water partition coefficient (Wildman–Crippen LogP) is 1.76. The number of carbonyl (C=O) groups is 1. The number of nitrogens with zero attached hydrogens (tertiary/aromatic N) is 1. The lowest BCUT2D eigenvalue weighted by Gasteiger charge is -2.20. The second-order valence-electron chi connectivity index (χ2n) is 3.86. The zero-order valence-electron chi connectivity index (χ0n) is 9.75. The zero-order valence-corrected chi connectivity index (χ0v) is 9.75. The van der Waals surface area contributed by atoms with Gasteiger partial charge in [0.15, 0.2) is 0 Å². The number of unbranched alkanes of at least 4 members (excludes halogenated alkanes) is 2. The number of rotatable bonds is 7. The second-order valence-corrected chi connectivity index (χ2v) is 3.86. The van der Waals surface area contributed by atoms with Crippen molar-refractivity contribution in [1.29, 1.82) is 0 Å². The van der Waals surface area contributed by atoms with E-state index in [1.807, 2.05) is 14.0 Å². The molecule has 0 spiro atoms. The van der Waals surface area contributed by atoms with E-state index in [1.54, 1.807) is 4.90 Å². The standard InChI is InChI=1S/C11H24N2O/c1-4-6-7-9-13(3)11(14)10(12)8-5-2/h10H,4-9,12H2,1-3H3/t10-/m1/s1. The Morgan fingerprint density at radius 1 is 1.29 bits per heavy atom. The molecule has 0 aliphatic rings. The summed E-state index contributed by atoms with van der Waals surface area (Å²) in [6.07, 6.45) is 5.20. The van der Waals surface area contributed by atoms with E-state index in [9.17, 15) is 4.79 Å². The molecule has 3 nitrogen and oxygen atoms in total. The van der Waals surface area contributed by atoms with Gasteiger partial charge in [-0.05, 0) is 12.8 Å². The monoisotopic (exact) mass is 200 g/mol. The number of amides is 1. The van der Waals surface area contributed by atoms with Gasteiger partial charge in [0.1, 0.15) is 0 Å². The van der Waals surface area contributed by atoms with Crippen LogP contribution in [0.15, 0.2) is 0 Å². The number of hydrogen-bond donors (Lipinski definition) is 1. The average Bonchev–Trinajstić information content (AvgIpc) is 2.17. The van der Waals surface area contributed by atoms with Gasteiger partial charge in [-0.3, -0.25) is 4.79 Å². The number of hydrogen-bond acceptors (Lipinski definition) is 2. The Balaban J connectivity index is 3.74.